The van der Waals surface area contributed by atoms with Crippen LogP contribution in [-0.2, 0) is 0 Å². The quantitative estimate of drug-likeness (QED) is 0.802. The van der Waals surface area contributed by atoms with Crippen LogP contribution >= 0.6 is 11.6 Å². The topological polar surface area (TPSA) is 32.3 Å². The fraction of sp³-hybridized carbons (Fsp3) is 0.538. The van der Waals surface area contributed by atoms with E-state index in [-0.39, 0.29) is 12.6 Å². The normalized spacial score (nSPS) is 14.8. The van der Waals surface area contributed by atoms with Crippen LogP contribution in [0.25, 0.3) is 0 Å². The molecule has 0 radical (unpaired) electrons. The summed E-state index contributed by atoms with van der Waals surface area (Å²) in [5.74, 6) is 0. The fourth-order valence-corrected chi connectivity index (χ4v) is 1.94. The Bertz CT molecular complexity index is 299. The largest absolute Gasteiger partial charge is 0.394 e. The Balaban J connectivity index is 2.63. The molecular formula is C13H20ClNO. The maximum absolute atomic E-state index is 9.37. The molecule has 90 valence electrons. The molecular weight excluding hydrogens is 222 g/mol. The fourth-order valence-electron chi connectivity index (χ4n) is 1.81. The molecule has 2 nitrogen and oxygen atoms in total. The molecule has 0 aromatic heterocycles. The molecule has 0 aliphatic rings. The SMILES string of the molecule is CCCC(C)NC(CO)c1ccc(Cl)cc1. The maximum Gasteiger partial charge on any atom is 0.0626 e. The lowest BCUT2D eigenvalue weighted by Gasteiger charge is -2.21. The molecule has 1 aromatic carbocycles. The summed E-state index contributed by atoms with van der Waals surface area (Å²) in [6.07, 6.45) is 2.26. The Morgan fingerprint density at radius 1 is 1.31 bits per heavy atom. The van der Waals surface area contributed by atoms with Crippen molar-refractivity contribution in [3.05, 3.63) is 34.9 Å². The van der Waals surface area contributed by atoms with Crippen LogP contribution in [0.15, 0.2) is 24.3 Å². The number of hydrogen-bond acceptors (Lipinski definition) is 2. The molecule has 16 heavy (non-hydrogen) atoms. The average Bonchev–Trinajstić information content (AvgIpc) is 2.27. The summed E-state index contributed by atoms with van der Waals surface area (Å²) in [4.78, 5) is 0. The van der Waals surface area contributed by atoms with Crippen molar-refractivity contribution < 1.29 is 5.11 Å². The molecule has 0 bridgehead atoms. The molecule has 0 heterocycles. The lowest BCUT2D eigenvalue weighted by molar-refractivity contribution is 0.233. The molecule has 2 unspecified atom stereocenters. The molecule has 0 amide bonds. The monoisotopic (exact) mass is 241 g/mol. The van der Waals surface area contributed by atoms with Crippen molar-refractivity contribution >= 4 is 11.6 Å². The van der Waals surface area contributed by atoms with Gasteiger partial charge in [-0.2, -0.15) is 0 Å². The first-order valence-electron chi connectivity index (χ1n) is 5.79. The molecule has 1 aromatic rings. The van der Waals surface area contributed by atoms with Gasteiger partial charge in [0.05, 0.1) is 12.6 Å². The zero-order valence-corrected chi connectivity index (χ0v) is 10.7. The Morgan fingerprint density at radius 2 is 1.94 bits per heavy atom. The van der Waals surface area contributed by atoms with E-state index in [1.54, 1.807) is 0 Å². The van der Waals surface area contributed by atoms with Crippen molar-refractivity contribution in [2.24, 2.45) is 0 Å². The van der Waals surface area contributed by atoms with Gasteiger partial charge in [-0.1, -0.05) is 37.1 Å². The molecule has 0 aliphatic heterocycles. The van der Waals surface area contributed by atoms with Gasteiger partial charge in [0.15, 0.2) is 0 Å². The van der Waals surface area contributed by atoms with E-state index in [2.05, 4.69) is 19.2 Å². The number of hydrogen-bond donors (Lipinski definition) is 2. The maximum atomic E-state index is 9.37. The van der Waals surface area contributed by atoms with Gasteiger partial charge in [-0.15, -0.1) is 0 Å². The second-order valence-electron chi connectivity index (χ2n) is 4.14. The molecule has 1 rings (SSSR count). The minimum absolute atomic E-state index is 0.00110. The molecule has 0 spiro atoms. The highest BCUT2D eigenvalue weighted by atomic mass is 35.5. The first-order valence-corrected chi connectivity index (χ1v) is 6.17. The van der Waals surface area contributed by atoms with E-state index < -0.39 is 0 Å². The highest BCUT2D eigenvalue weighted by molar-refractivity contribution is 6.30. The third-order valence-corrected chi connectivity index (χ3v) is 2.91. The number of benzene rings is 1. The Hall–Kier alpha value is -0.570. The Labute approximate surface area is 103 Å². The van der Waals surface area contributed by atoms with Crippen LogP contribution in [0.2, 0.25) is 5.02 Å². The van der Waals surface area contributed by atoms with Crippen molar-refractivity contribution in [1.29, 1.82) is 0 Å². The molecule has 0 fully saturated rings. The summed E-state index contributed by atoms with van der Waals surface area (Å²) in [7, 11) is 0. The minimum Gasteiger partial charge on any atom is -0.394 e. The van der Waals surface area contributed by atoms with Gasteiger partial charge < -0.3 is 10.4 Å². The smallest absolute Gasteiger partial charge is 0.0626 e. The first-order chi connectivity index (χ1) is 7.67. The van der Waals surface area contributed by atoms with E-state index in [9.17, 15) is 5.11 Å². The van der Waals surface area contributed by atoms with E-state index in [0.29, 0.717) is 6.04 Å². The highest BCUT2D eigenvalue weighted by Crippen LogP contribution is 2.17. The first kappa shape index (κ1) is 13.5. The molecule has 2 N–H and O–H groups in total. The summed E-state index contributed by atoms with van der Waals surface area (Å²) in [5.41, 5.74) is 1.08. The van der Waals surface area contributed by atoms with Crippen LogP contribution in [0.1, 0.15) is 38.3 Å². The zero-order valence-electron chi connectivity index (χ0n) is 9.91. The summed E-state index contributed by atoms with van der Waals surface area (Å²) in [5, 5.41) is 13.5. The van der Waals surface area contributed by atoms with Crippen molar-refractivity contribution in [3.8, 4) is 0 Å². The number of aliphatic hydroxyl groups is 1. The van der Waals surface area contributed by atoms with Crippen molar-refractivity contribution in [1.82, 2.24) is 5.32 Å². The predicted molar refractivity (Wildman–Crippen MR) is 68.8 cm³/mol. The van der Waals surface area contributed by atoms with Gasteiger partial charge in [-0.3, -0.25) is 0 Å². The van der Waals surface area contributed by atoms with E-state index in [4.69, 9.17) is 11.6 Å². The Morgan fingerprint density at radius 3 is 2.44 bits per heavy atom. The third kappa shape index (κ3) is 4.12. The lowest BCUT2D eigenvalue weighted by atomic mass is 10.1. The Kier molecular flexibility index (Phi) is 5.81. The van der Waals surface area contributed by atoms with E-state index >= 15 is 0 Å². The van der Waals surface area contributed by atoms with Crippen LogP contribution in [0, 0.1) is 0 Å². The lowest BCUT2D eigenvalue weighted by Crippen LogP contribution is -2.32. The highest BCUT2D eigenvalue weighted by Gasteiger charge is 2.12. The van der Waals surface area contributed by atoms with Crippen LogP contribution in [0.3, 0.4) is 0 Å². The van der Waals surface area contributed by atoms with Gasteiger partial charge in [0, 0.05) is 11.1 Å². The van der Waals surface area contributed by atoms with E-state index in [1.165, 1.54) is 0 Å². The van der Waals surface area contributed by atoms with E-state index in [0.717, 1.165) is 23.4 Å². The van der Waals surface area contributed by atoms with Crippen molar-refractivity contribution in [2.45, 2.75) is 38.8 Å². The van der Waals surface area contributed by atoms with Crippen LogP contribution in [0.5, 0.6) is 0 Å². The minimum atomic E-state index is -0.00110. The molecule has 0 saturated heterocycles. The number of aliphatic hydroxyl groups excluding tert-OH is 1. The second kappa shape index (κ2) is 6.89. The summed E-state index contributed by atoms with van der Waals surface area (Å²) in [6.45, 7) is 4.41. The summed E-state index contributed by atoms with van der Waals surface area (Å²) in [6, 6.07) is 8.03. The molecule has 0 saturated carbocycles. The third-order valence-electron chi connectivity index (χ3n) is 2.66. The predicted octanol–water partition coefficient (Wildman–Crippen LogP) is 3.15. The molecule has 2 atom stereocenters. The van der Waals surface area contributed by atoms with E-state index in [1.807, 2.05) is 24.3 Å². The number of rotatable bonds is 6. The van der Waals surface area contributed by atoms with Gasteiger partial charge in [0.2, 0.25) is 0 Å². The number of nitrogens with one attached hydrogen (secondary N) is 1. The molecule has 0 aliphatic carbocycles. The second-order valence-corrected chi connectivity index (χ2v) is 4.58. The van der Waals surface area contributed by atoms with Gasteiger partial charge in [-0.05, 0) is 31.0 Å². The van der Waals surface area contributed by atoms with Crippen LogP contribution in [-0.4, -0.2) is 17.8 Å². The average molecular weight is 242 g/mol. The standard InChI is InChI=1S/C13H20ClNO/c1-3-4-10(2)15-13(9-16)11-5-7-12(14)8-6-11/h5-8,10,13,15-16H,3-4,9H2,1-2H3. The van der Waals surface area contributed by atoms with Gasteiger partial charge in [0.1, 0.15) is 0 Å². The summed E-state index contributed by atoms with van der Waals surface area (Å²) < 4.78 is 0. The van der Waals surface area contributed by atoms with Crippen LogP contribution < -0.4 is 5.32 Å². The number of halogens is 1. The van der Waals surface area contributed by atoms with Gasteiger partial charge in [-0.25, -0.2) is 0 Å². The van der Waals surface area contributed by atoms with Crippen molar-refractivity contribution in [3.63, 3.8) is 0 Å². The van der Waals surface area contributed by atoms with Crippen LogP contribution in [0.4, 0.5) is 0 Å². The van der Waals surface area contributed by atoms with Crippen molar-refractivity contribution in [2.75, 3.05) is 6.61 Å². The van der Waals surface area contributed by atoms with Gasteiger partial charge in [0.25, 0.3) is 0 Å². The summed E-state index contributed by atoms with van der Waals surface area (Å²) >= 11 is 5.83. The molecule has 3 heteroatoms. The zero-order chi connectivity index (χ0) is 12.0. The van der Waals surface area contributed by atoms with Gasteiger partial charge >= 0.3 is 0 Å².